The minimum atomic E-state index is -3.84. The Morgan fingerprint density at radius 2 is 2.15 bits per heavy atom. The molecule has 0 amide bonds. The molecule has 0 spiro atoms. The molecule has 0 aliphatic carbocycles. The number of nitrogens with one attached hydrogen (secondary N) is 1. The molecule has 1 fully saturated rings. The van der Waals surface area contributed by atoms with Crippen molar-refractivity contribution in [2.24, 2.45) is 0 Å². The normalized spacial score (nSPS) is 22.6. The van der Waals surface area contributed by atoms with E-state index < -0.39 is 25.9 Å². The Kier molecular flexibility index (Phi) is 4.43. The molecule has 112 valence electrons. The maximum atomic E-state index is 12.1. The molecular weight excluding hydrogens is 304 g/mol. The van der Waals surface area contributed by atoms with Gasteiger partial charge in [0.2, 0.25) is 0 Å². The number of aliphatic hydroxyl groups is 1. The van der Waals surface area contributed by atoms with E-state index in [4.69, 9.17) is 5.11 Å². The third-order valence-corrected chi connectivity index (χ3v) is 6.30. The Balaban J connectivity index is 2.14. The van der Waals surface area contributed by atoms with Crippen molar-refractivity contribution in [3.05, 3.63) is 23.9 Å². The highest BCUT2D eigenvalue weighted by atomic mass is 32.2. The molecule has 1 unspecified atom stereocenters. The summed E-state index contributed by atoms with van der Waals surface area (Å²) in [6.07, 6.45) is 2.21. The molecule has 9 heteroatoms. The van der Waals surface area contributed by atoms with Gasteiger partial charge < -0.3 is 5.11 Å². The molecule has 2 rings (SSSR count). The summed E-state index contributed by atoms with van der Waals surface area (Å²) in [5.74, 6) is -0.0738. The monoisotopic (exact) mass is 320 g/mol. The first-order chi connectivity index (χ1) is 9.32. The van der Waals surface area contributed by atoms with Crippen LogP contribution in [0.5, 0.6) is 0 Å². The zero-order valence-corrected chi connectivity index (χ0v) is 12.3. The second kappa shape index (κ2) is 5.76. The van der Waals surface area contributed by atoms with Gasteiger partial charge in [0.25, 0.3) is 10.0 Å². The van der Waals surface area contributed by atoms with Crippen LogP contribution in [0, 0.1) is 0 Å². The quantitative estimate of drug-likeness (QED) is 0.768. The van der Waals surface area contributed by atoms with Crippen LogP contribution in [0.25, 0.3) is 0 Å². The van der Waals surface area contributed by atoms with E-state index in [0.29, 0.717) is 18.4 Å². The van der Waals surface area contributed by atoms with E-state index >= 15 is 0 Å². The highest BCUT2D eigenvalue weighted by Crippen LogP contribution is 2.15. The molecule has 20 heavy (non-hydrogen) atoms. The van der Waals surface area contributed by atoms with Gasteiger partial charge in [-0.05, 0) is 24.5 Å². The number of hydrogen-bond acceptors (Lipinski definition) is 6. The van der Waals surface area contributed by atoms with Crippen LogP contribution in [0.3, 0.4) is 0 Å². The molecule has 0 saturated carbocycles. The molecule has 0 bridgehead atoms. The minimum absolute atomic E-state index is 0.106. The standard InChI is InChI=1S/C11H16N2O5S2/c14-7-9-3-4-11(12-6-9)20(17,18)13-10-2-1-5-19(15,16)8-10/h3-4,6,10,13-14H,1-2,5,7-8H2. The van der Waals surface area contributed by atoms with Gasteiger partial charge in [-0.15, -0.1) is 0 Å². The fourth-order valence-corrected chi connectivity index (χ4v) is 5.00. The van der Waals surface area contributed by atoms with Gasteiger partial charge in [-0.3, -0.25) is 0 Å². The third kappa shape index (κ3) is 3.75. The van der Waals surface area contributed by atoms with Crippen LogP contribution < -0.4 is 4.72 Å². The predicted octanol–water partition coefficient (Wildman–Crippen LogP) is -0.571. The zero-order chi connectivity index (χ0) is 14.8. The van der Waals surface area contributed by atoms with E-state index in [1.54, 1.807) is 0 Å². The van der Waals surface area contributed by atoms with Crippen LogP contribution in [0.2, 0.25) is 0 Å². The van der Waals surface area contributed by atoms with Crippen LogP contribution in [0.4, 0.5) is 0 Å². The molecule has 0 aromatic carbocycles. The van der Waals surface area contributed by atoms with E-state index in [9.17, 15) is 16.8 Å². The van der Waals surface area contributed by atoms with Gasteiger partial charge in [0, 0.05) is 12.2 Å². The van der Waals surface area contributed by atoms with E-state index in [1.165, 1.54) is 18.3 Å². The second-order valence-electron chi connectivity index (χ2n) is 4.74. The summed E-state index contributed by atoms with van der Waals surface area (Å²) in [4.78, 5) is 3.76. The van der Waals surface area contributed by atoms with Crippen LogP contribution in [-0.4, -0.2) is 44.5 Å². The highest BCUT2D eigenvalue weighted by molar-refractivity contribution is 7.91. The van der Waals surface area contributed by atoms with Gasteiger partial charge in [0.15, 0.2) is 14.9 Å². The van der Waals surface area contributed by atoms with Crippen LogP contribution in [0.15, 0.2) is 23.4 Å². The topological polar surface area (TPSA) is 113 Å². The van der Waals surface area contributed by atoms with Crippen molar-refractivity contribution in [2.75, 3.05) is 11.5 Å². The van der Waals surface area contributed by atoms with Gasteiger partial charge >= 0.3 is 0 Å². The second-order valence-corrected chi connectivity index (χ2v) is 8.63. The maximum Gasteiger partial charge on any atom is 0.258 e. The first-order valence-electron chi connectivity index (χ1n) is 6.11. The van der Waals surface area contributed by atoms with Crippen molar-refractivity contribution in [1.82, 2.24) is 9.71 Å². The van der Waals surface area contributed by atoms with Crippen molar-refractivity contribution in [1.29, 1.82) is 0 Å². The predicted molar refractivity (Wildman–Crippen MR) is 72.2 cm³/mol. The third-order valence-electron chi connectivity index (χ3n) is 3.04. The highest BCUT2D eigenvalue weighted by Gasteiger charge is 2.29. The molecule has 2 N–H and O–H groups in total. The van der Waals surface area contributed by atoms with Gasteiger partial charge in [-0.25, -0.2) is 26.5 Å². The van der Waals surface area contributed by atoms with Gasteiger partial charge in [-0.1, -0.05) is 6.07 Å². The summed E-state index contributed by atoms with van der Waals surface area (Å²) >= 11 is 0. The zero-order valence-electron chi connectivity index (χ0n) is 10.7. The van der Waals surface area contributed by atoms with Crippen molar-refractivity contribution >= 4 is 19.9 Å². The van der Waals surface area contributed by atoms with E-state index in [-0.39, 0.29) is 23.1 Å². The summed E-state index contributed by atoms with van der Waals surface area (Å²) in [5, 5.41) is 8.70. The molecule has 1 aromatic rings. The van der Waals surface area contributed by atoms with Crippen LogP contribution in [-0.2, 0) is 26.5 Å². The summed E-state index contributed by atoms with van der Waals surface area (Å²) in [6.45, 7) is -0.221. The summed E-state index contributed by atoms with van der Waals surface area (Å²) < 4.78 is 49.5. The van der Waals surface area contributed by atoms with Gasteiger partial charge in [0.05, 0.1) is 18.1 Å². The molecule has 1 atom stereocenters. The maximum absolute atomic E-state index is 12.1. The lowest BCUT2D eigenvalue weighted by molar-refractivity contribution is 0.281. The fraction of sp³-hybridized carbons (Fsp3) is 0.545. The smallest absolute Gasteiger partial charge is 0.258 e. The largest absolute Gasteiger partial charge is 0.392 e. The number of rotatable bonds is 4. The summed E-state index contributed by atoms with van der Waals surface area (Å²) in [6, 6.07) is 2.13. The van der Waals surface area contributed by atoms with Crippen molar-refractivity contribution in [3.63, 3.8) is 0 Å². The number of pyridine rings is 1. The molecule has 1 aliphatic heterocycles. The first-order valence-corrected chi connectivity index (χ1v) is 9.41. The number of nitrogens with zero attached hydrogens (tertiary/aromatic N) is 1. The lowest BCUT2D eigenvalue weighted by atomic mass is 10.2. The molecule has 0 radical (unpaired) electrons. The fourth-order valence-electron chi connectivity index (χ4n) is 2.06. The Bertz CT molecular complexity index is 667. The summed E-state index contributed by atoms with van der Waals surface area (Å²) in [5.41, 5.74) is 0.504. The Morgan fingerprint density at radius 3 is 2.70 bits per heavy atom. The lowest BCUT2D eigenvalue weighted by Crippen LogP contribution is -2.43. The van der Waals surface area contributed by atoms with E-state index in [0.717, 1.165) is 0 Å². The molecule has 1 aliphatic rings. The number of aliphatic hydroxyl groups excluding tert-OH is 1. The van der Waals surface area contributed by atoms with Crippen molar-refractivity contribution in [3.8, 4) is 0 Å². The molecule has 1 saturated heterocycles. The van der Waals surface area contributed by atoms with Gasteiger partial charge in [0.1, 0.15) is 0 Å². The van der Waals surface area contributed by atoms with Crippen molar-refractivity contribution < 1.29 is 21.9 Å². The molecule has 2 heterocycles. The Hall–Kier alpha value is -1.03. The number of sulfonamides is 1. The lowest BCUT2D eigenvalue weighted by Gasteiger charge is -2.22. The Labute approximate surface area is 118 Å². The summed E-state index contributed by atoms with van der Waals surface area (Å²) in [7, 11) is -7.02. The average Bonchev–Trinajstić information content (AvgIpc) is 2.37. The van der Waals surface area contributed by atoms with Crippen LogP contribution >= 0.6 is 0 Å². The van der Waals surface area contributed by atoms with Crippen LogP contribution in [0.1, 0.15) is 18.4 Å². The van der Waals surface area contributed by atoms with E-state index in [1.807, 2.05) is 0 Å². The Morgan fingerprint density at radius 1 is 1.40 bits per heavy atom. The SMILES string of the molecule is O=S1(=O)CCCC(NS(=O)(=O)c2ccc(CO)cn2)C1. The number of hydrogen-bond donors (Lipinski definition) is 2. The van der Waals surface area contributed by atoms with Gasteiger partial charge in [-0.2, -0.15) is 0 Å². The first kappa shape index (κ1) is 15.4. The molecule has 1 aromatic heterocycles. The van der Waals surface area contributed by atoms with Crippen molar-refractivity contribution in [2.45, 2.75) is 30.5 Å². The number of sulfone groups is 1. The van der Waals surface area contributed by atoms with E-state index in [2.05, 4.69) is 9.71 Å². The number of aromatic nitrogens is 1. The minimum Gasteiger partial charge on any atom is -0.392 e. The molecule has 7 nitrogen and oxygen atoms in total. The molecular formula is C11H16N2O5S2. The average molecular weight is 320 g/mol.